The summed E-state index contributed by atoms with van der Waals surface area (Å²) < 4.78 is 0. The summed E-state index contributed by atoms with van der Waals surface area (Å²) in [5.74, 6) is 3.70. The van der Waals surface area contributed by atoms with Gasteiger partial charge in [-0.2, -0.15) is 0 Å². The van der Waals surface area contributed by atoms with E-state index in [-0.39, 0.29) is 0 Å². The second kappa shape index (κ2) is 3.00. The van der Waals surface area contributed by atoms with Crippen LogP contribution in [0.3, 0.4) is 0 Å². The number of fused-ring (bicyclic) bond motifs is 1. The highest BCUT2D eigenvalue weighted by atomic mass is 16.1. The average molecular weight is 218 g/mol. The maximum Gasteiger partial charge on any atom is 0.159 e. The summed E-state index contributed by atoms with van der Waals surface area (Å²) in [5.41, 5.74) is 1.69. The molecule has 0 spiro atoms. The first-order chi connectivity index (χ1) is 7.47. The van der Waals surface area contributed by atoms with Crippen molar-refractivity contribution in [3.8, 4) is 0 Å². The van der Waals surface area contributed by atoms with E-state index in [4.69, 9.17) is 0 Å². The molecule has 16 heavy (non-hydrogen) atoms. The normalized spacial score (nSPS) is 50.1. The van der Waals surface area contributed by atoms with Crippen molar-refractivity contribution in [3.63, 3.8) is 0 Å². The van der Waals surface area contributed by atoms with Crippen LogP contribution >= 0.6 is 0 Å². The van der Waals surface area contributed by atoms with Gasteiger partial charge in [-0.3, -0.25) is 4.79 Å². The molecule has 0 aromatic rings. The summed E-state index contributed by atoms with van der Waals surface area (Å²) in [5, 5.41) is 0. The molecule has 2 fully saturated rings. The predicted molar refractivity (Wildman–Crippen MR) is 64.9 cm³/mol. The Balaban J connectivity index is 2.02. The maximum absolute atomic E-state index is 12.2. The maximum atomic E-state index is 12.2. The molecule has 2 saturated carbocycles. The second-order valence-electron chi connectivity index (χ2n) is 6.78. The van der Waals surface area contributed by atoms with Crippen molar-refractivity contribution in [3.05, 3.63) is 11.6 Å². The van der Waals surface area contributed by atoms with Gasteiger partial charge in [-0.05, 0) is 54.9 Å². The summed E-state index contributed by atoms with van der Waals surface area (Å²) in [7, 11) is 0. The van der Waals surface area contributed by atoms with Crippen LogP contribution in [-0.4, -0.2) is 5.78 Å². The molecule has 2 unspecified atom stereocenters. The molecule has 4 aliphatic rings. The molecule has 5 atom stereocenters. The van der Waals surface area contributed by atoms with E-state index < -0.39 is 0 Å². The lowest BCUT2D eigenvalue weighted by Gasteiger charge is -2.69. The number of allylic oxidation sites excluding steroid dienone is 2. The first-order valence-corrected chi connectivity index (χ1v) is 6.69. The van der Waals surface area contributed by atoms with E-state index >= 15 is 0 Å². The number of hydrogen-bond donors (Lipinski definition) is 0. The van der Waals surface area contributed by atoms with E-state index in [1.807, 2.05) is 6.08 Å². The van der Waals surface area contributed by atoms with Crippen LogP contribution in [0, 0.1) is 35.0 Å². The number of ketones is 1. The Morgan fingerprint density at radius 1 is 1.38 bits per heavy atom. The molecule has 1 nitrogen and oxygen atoms in total. The minimum absolute atomic E-state index is 0.325. The molecule has 0 aliphatic heterocycles. The molecule has 0 heterocycles. The smallest absolute Gasteiger partial charge is 0.159 e. The first-order valence-electron chi connectivity index (χ1n) is 6.69. The van der Waals surface area contributed by atoms with Gasteiger partial charge in [0.2, 0.25) is 0 Å². The van der Waals surface area contributed by atoms with E-state index in [1.54, 1.807) is 0 Å². The predicted octanol–water partition coefficient (Wildman–Crippen LogP) is 3.45. The van der Waals surface area contributed by atoms with E-state index in [9.17, 15) is 4.79 Å². The number of rotatable bonds is 1. The van der Waals surface area contributed by atoms with E-state index in [2.05, 4.69) is 27.7 Å². The summed E-state index contributed by atoms with van der Waals surface area (Å²) in [6, 6.07) is 0. The Labute approximate surface area is 98.3 Å². The van der Waals surface area contributed by atoms with Crippen LogP contribution in [0.15, 0.2) is 11.6 Å². The van der Waals surface area contributed by atoms with Gasteiger partial charge in [0, 0.05) is 5.92 Å². The lowest BCUT2D eigenvalue weighted by molar-refractivity contribution is -0.186. The average Bonchev–Trinajstić information content (AvgIpc) is 2.15. The van der Waals surface area contributed by atoms with Crippen molar-refractivity contribution in [1.29, 1.82) is 0 Å². The van der Waals surface area contributed by atoms with Crippen LogP contribution in [0.1, 0.15) is 40.5 Å². The van der Waals surface area contributed by atoms with Gasteiger partial charge in [0.15, 0.2) is 5.78 Å². The fourth-order valence-electron chi connectivity index (χ4n) is 5.14. The van der Waals surface area contributed by atoms with Gasteiger partial charge in [0.05, 0.1) is 0 Å². The molecule has 0 aromatic heterocycles. The highest BCUT2D eigenvalue weighted by molar-refractivity contribution is 5.96. The van der Waals surface area contributed by atoms with Crippen molar-refractivity contribution in [2.45, 2.75) is 40.5 Å². The third-order valence-corrected chi connectivity index (χ3v) is 5.72. The zero-order chi connectivity index (χ0) is 11.7. The van der Waals surface area contributed by atoms with Crippen LogP contribution in [-0.2, 0) is 4.79 Å². The van der Waals surface area contributed by atoms with E-state index in [0.717, 1.165) is 17.8 Å². The van der Waals surface area contributed by atoms with Gasteiger partial charge in [0.1, 0.15) is 0 Å². The van der Waals surface area contributed by atoms with Crippen LogP contribution in [0.5, 0.6) is 0 Å². The molecule has 4 bridgehead atoms. The van der Waals surface area contributed by atoms with Crippen LogP contribution in [0.25, 0.3) is 0 Å². The lowest BCUT2D eigenvalue weighted by Crippen LogP contribution is -2.66. The number of carbonyl (C=O) groups is 1. The molecule has 0 saturated heterocycles. The van der Waals surface area contributed by atoms with E-state index in [1.165, 1.54) is 18.4 Å². The summed E-state index contributed by atoms with van der Waals surface area (Å²) in [4.78, 5) is 12.2. The summed E-state index contributed by atoms with van der Waals surface area (Å²) >= 11 is 0. The van der Waals surface area contributed by atoms with Gasteiger partial charge >= 0.3 is 0 Å². The molecule has 0 N–H and O–H groups in total. The van der Waals surface area contributed by atoms with Crippen molar-refractivity contribution in [2.24, 2.45) is 35.0 Å². The Morgan fingerprint density at radius 2 is 2.06 bits per heavy atom. The van der Waals surface area contributed by atoms with Gasteiger partial charge in [-0.25, -0.2) is 0 Å². The Hall–Kier alpha value is -0.590. The molecule has 0 aromatic carbocycles. The second-order valence-corrected chi connectivity index (χ2v) is 6.78. The third-order valence-electron chi connectivity index (χ3n) is 5.72. The third kappa shape index (κ3) is 1.00. The zero-order valence-corrected chi connectivity index (χ0v) is 10.8. The lowest BCUT2D eigenvalue weighted by atomic mass is 9.34. The fourth-order valence-corrected chi connectivity index (χ4v) is 5.14. The minimum Gasteiger partial charge on any atom is -0.295 e. The van der Waals surface area contributed by atoms with Gasteiger partial charge < -0.3 is 0 Å². The Kier molecular flexibility index (Phi) is 1.98. The van der Waals surface area contributed by atoms with Crippen molar-refractivity contribution >= 4 is 5.78 Å². The first kappa shape index (κ1) is 10.6. The summed E-state index contributed by atoms with van der Waals surface area (Å²) in [6.45, 7) is 9.17. The monoisotopic (exact) mass is 218 g/mol. The molecular weight excluding hydrogens is 196 g/mol. The molecule has 0 amide bonds. The standard InChI is InChI=1S/C15H22O/c1-8(2)10-5-6-15(4)13-9(3)7-11(16)14(15)12(10)13/h7-8,10,12-14H,5-6H2,1-4H3/t10-,12?,13+,14?,15-/m1/s1. The van der Waals surface area contributed by atoms with E-state index in [0.29, 0.717) is 23.0 Å². The molecular formula is C15H22O. The summed E-state index contributed by atoms with van der Waals surface area (Å²) in [6.07, 6.45) is 4.53. The topological polar surface area (TPSA) is 17.1 Å². The minimum atomic E-state index is 0.325. The Morgan fingerprint density at radius 3 is 2.62 bits per heavy atom. The SMILES string of the molecule is CC1=CC(=O)C2C3[C@@H](C(C)C)CC[C@]2(C)[C@@H]13. The number of carbonyl (C=O) groups excluding carboxylic acids is 1. The highest BCUT2D eigenvalue weighted by Gasteiger charge is 2.68. The largest absolute Gasteiger partial charge is 0.295 e. The van der Waals surface area contributed by atoms with Gasteiger partial charge in [-0.1, -0.05) is 26.3 Å². The van der Waals surface area contributed by atoms with Crippen LogP contribution < -0.4 is 0 Å². The quantitative estimate of drug-likeness (QED) is 0.659. The van der Waals surface area contributed by atoms with Crippen LogP contribution in [0.4, 0.5) is 0 Å². The van der Waals surface area contributed by atoms with Crippen molar-refractivity contribution in [1.82, 2.24) is 0 Å². The van der Waals surface area contributed by atoms with Crippen LogP contribution in [0.2, 0.25) is 0 Å². The number of hydrogen-bond acceptors (Lipinski definition) is 1. The molecule has 4 aliphatic carbocycles. The molecule has 1 heteroatoms. The van der Waals surface area contributed by atoms with Gasteiger partial charge in [0.25, 0.3) is 0 Å². The Bertz CT molecular complexity index is 379. The fraction of sp³-hybridized carbons (Fsp3) is 0.800. The zero-order valence-electron chi connectivity index (χ0n) is 10.8. The van der Waals surface area contributed by atoms with Crippen molar-refractivity contribution < 1.29 is 4.79 Å². The molecule has 0 radical (unpaired) electrons. The highest BCUT2D eigenvalue weighted by Crippen LogP contribution is 2.70. The molecule has 88 valence electrons. The van der Waals surface area contributed by atoms with Gasteiger partial charge in [-0.15, -0.1) is 0 Å². The molecule has 4 rings (SSSR count). The van der Waals surface area contributed by atoms with Crippen molar-refractivity contribution in [2.75, 3.05) is 0 Å².